The molecule has 0 radical (unpaired) electrons. The molecule has 0 aromatic carbocycles. The predicted octanol–water partition coefficient (Wildman–Crippen LogP) is 0.284. The number of hydrogen-bond donors (Lipinski definition) is 3. The van der Waals surface area contributed by atoms with Gasteiger partial charge in [-0.25, -0.2) is 4.68 Å². The van der Waals surface area contributed by atoms with E-state index in [2.05, 4.69) is 10.4 Å². The van der Waals surface area contributed by atoms with Crippen molar-refractivity contribution in [3.8, 4) is 0 Å². The smallest absolute Gasteiger partial charge is 0.287 e. The van der Waals surface area contributed by atoms with Gasteiger partial charge in [0.05, 0.1) is 25.0 Å². The molecule has 1 rings (SSSR count). The van der Waals surface area contributed by atoms with Crippen molar-refractivity contribution in [2.45, 2.75) is 26.4 Å². The van der Waals surface area contributed by atoms with Crippen LogP contribution in [0, 0.1) is 5.92 Å². The summed E-state index contributed by atoms with van der Waals surface area (Å²) in [6.45, 7) is 4.46. The summed E-state index contributed by atoms with van der Waals surface area (Å²) in [5.41, 5.74) is 5.70. The zero-order valence-corrected chi connectivity index (χ0v) is 11.3. The summed E-state index contributed by atoms with van der Waals surface area (Å²) in [5, 5.41) is 15.9. The minimum absolute atomic E-state index is 0.0254. The normalized spacial score (nSPS) is 12.8. The van der Waals surface area contributed by atoms with E-state index >= 15 is 0 Å². The number of rotatable bonds is 6. The summed E-state index contributed by atoms with van der Waals surface area (Å²) < 4.78 is 1.13. The first-order chi connectivity index (χ1) is 8.51. The SMILES string of the molecule is CC(C)C(CN)Nc1cnn(CCO)c(=O)c1Cl. The lowest BCUT2D eigenvalue weighted by atomic mass is 10.0. The summed E-state index contributed by atoms with van der Waals surface area (Å²) in [7, 11) is 0. The molecule has 0 fully saturated rings. The maximum atomic E-state index is 11.8. The van der Waals surface area contributed by atoms with E-state index in [1.165, 1.54) is 6.20 Å². The Balaban J connectivity index is 2.98. The van der Waals surface area contributed by atoms with E-state index in [0.29, 0.717) is 18.2 Å². The van der Waals surface area contributed by atoms with Gasteiger partial charge in [0.15, 0.2) is 0 Å². The second-order valence-corrected chi connectivity index (χ2v) is 4.73. The van der Waals surface area contributed by atoms with Crippen LogP contribution in [0.5, 0.6) is 0 Å². The van der Waals surface area contributed by atoms with Gasteiger partial charge in [-0.1, -0.05) is 25.4 Å². The van der Waals surface area contributed by atoms with E-state index in [1.807, 2.05) is 13.8 Å². The molecule has 0 bridgehead atoms. The molecule has 0 saturated heterocycles. The molecular formula is C11H19ClN4O2. The Kier molecular flexibility index (Phi) is 5.58. The first-order valence-electron chi connectivity index (χ1n) is 5.84. The van der Waals surface area contributed by atoms with Crippen LogP contribution < -0.4 is 16.6 Å². The zero-order chi connectivity index (χ0) is 13.7. The molecule has 1 aromatic rings. The molecule has 1 aromatic heterocycles. The Morgan fingerprint density at radius 2 is 2.28 bits per heavy atom. The number of aliphatic hydroxyl groups excluding tert-OH is 1. The van der Waals surface area contributed by atoms with Crippen molar-refractivity contribution < 1.29 is 5.11 Å². The van der Waals surface area contributed by atoms with Gasteiger partial charge in [0.1, 0.15) is 5.02 Å². The molecule has 1 heterocycles. The van der Waals surface area contributed by atoms with Gasteiger partial charge in [-0.3, -0.25) is 4.79 Å². The minimum atomic E-state index is -0.421. The highest BCUT2D eigenvalue weighted by Gasteiger charge is 2.15. The Morgan fingerprint density at radius 3 is 2.78 bits per heavy atom. The number of nitrogens with two attached hydrogens (primary N) is 1. The van der Waals surface area contributed by atoms with Gasteiger partial charge in [0, 0.05) is 12.6 Å². The number of hydrogen-bond acceptors (Lipinski definition) is 5. The van der Waals surface area contributed by atoms with Gasteiger partial charge in [0.25, 0.3) is 5.56 Å². The molecule has 0 aliphatic heterocycles. The highest BCUT2D eigenvalue weighted by Crippen LogP contribution is 2.18. The monoisotopic (exact) mass is 274 g/mol. The number of aromatic nitrogens is 2. The molecule has 0 saturated carbocycles. The van der Waals surface area contributed by atoms with Crippen LogP contribution in [-0.4, -0.2) is 34.1 Å². The molecular weight excluding hydrogens is 256 g/mol. The first kappa shape index (κ1) is 14.9. The number of aliphatic hydroxyl groups is 1. The molecule has 1 unspecified atom stereocenters. The standard InChI is InChI=1S/C11H19ClN4O2/c1-7(2)8(5-13)15-9-6-14-16(3-4-17)11(18)10(9)12/h6-8,15,17H,3-5,13H2,1-2H3. The van der Waals surface area contributed by atoms with Crippen molar-refractivity contribution in [2.24, 2.45) is 11.7 Å². The molecule has 18 heavy (non-hydrogen) atoms. The Hall–Kier alpha value is -1.11. The second kappa shape index (κ2) is 6.72. The van der Waals surface area contributed by atoms with Crippen LogP contribution >= 0.6 is 11.6 Å². The van der Waals surface area contributed by atoms with Crippen molar-refractivity contribution in [3.63, 3.8) is 0 Å². The third kappa shape index (κ3) is 3.44. The Labute approximate surface area is 111 Å². The van der Waals surface area contributed by atoms with Gasteiger partial charge in [0.2, 0.25) is 0 Å². The molecule has 0 aliphatic rings. The lowest BCUT2D eigenvalue weighted by Gasteiger charge is -2.22. The fourth-order valence-electron chi connectivity index (χ4n) is 1.52. The van der Waals surface area contributed by atoms with Gasteiger partial charge in [-0.2, -0.15) is 5.10 Å². The molecule has 4 N–H and O–H groups in total. The molecule has 7 heteroatoms. The van der Waals surface area contributed by atoms with Crippen LogP contribution in [0.15, 0.2) is 11.0 Å². The number of halogens is 1. The second-order valence-electron chi connectivity index (χ2n) is 4.35. The quantitative estimate of drug-likeness (QED) is 0.693. The Bertz CT molecular complexity index is 447. The first-order valence-corrected chi connectivity index (χ1v) is 6.22. The molecule has 6 nitrogen and oxygen atoms in total. The Morgan fingerprint density at radius 1 is 1.61 bits per heavy atom. The largest absolute Gasteiger partial charge is 0.394 e. The van der Waals surface area contributed by atoms with Gasteiger partial charge < -0.3 is 16.2 Å². The van der Waals surface area contributed by atoms with E-state index in [1.54, 1.807) is 0 Å². The van der Waals surface area contributed by atoms with E-state index in [9.17, 15) is 4.79 Å². The number of nitrogens with one attached hydrogen (secondary N) is 1. The molecule has 0 aliphatic carbocycles. The fraction of sp³-hybridized carbons (Fsp3) is 0.636. The van der Waals surface area contributed by atoms with Crippen LogP contribution in [0.3, 0.4) is 0 Å². The summed E-state index contributed by atoms with van der Waals surface area (Å²) in [5.74, 6) is 0.311. The molecule has 102 valence electrons. The zero-order valence-electron chi connectivity index (χ0n) is 10.6. The number of nitrogens with zero attached hydrogens (tertiary/aromatic N) is 2. The molecule has 0 spiro atoms. The maximum absolute atomic E-state index is 11.8. The fourth-order valence-corrected chi connectivity index (χ4v) is 1.72. The maximum Gasteiger partial charge on any atom is 0.287 e. The minimum Gasteiger partial charge on any atom is -0.394 e. The van der Waals surface area contributed by atoms with E-state index in [4.69, 9.17) is 22.4 Å². The van der Waals surface area contributed by atoms with Crippen molar-refractivity contribution in [2.75, 3.05) is 18.5 Å². The van der Waals surface area contributed by atoms with Crippen LogP contribution in [0.25, 0.3) is 0 Å². The lowest BCUT2D eigenvalue weighted by molar-refractivity contribution is 0.266. The predicted molar refractivity (Wildman–Crippen MR) is 71.9 cm³/mol. The van der Waals surface area contributed by atoms with Gasteiger partial charge in [-0.05, 0) is 5.92 Å². The molecule has 1 atom stereocenters. The summed E-state index contributed by atoms with van der Waals surface area (Å²) in [6, 6.07) is 0.0254. The van der Waals surface area contributed by atoms with Crippen LogP contribution in [0.2, 0.25) is 5.02 Å². The third-order valence-corrected chi connectivity index (χ3v) is 3.06. The van der Waals surface area contributed by atoms with Crippen molar-refractivity contribution in [3.05, 3.63) is 21.6 Å². The average molecular weight is 275 g/mol. The number of anilines is 1. The van der Waals surface area contributed by atoms with Crippen molar-refractivity contribution in [1.82, 2.24) is 9.78 Å². The van der Waals surface area contributed by atoms with Crippen molar-refractivity contribution in [1.29, 1.82) is 0 Å². The average Bonchev–Trinajstić information content (AvgIpc) is 2.34. The summed E-state index contributed by atoms with van der Waals surface area (Å²) in [4.78, 5) is 11.8. The highest BCUT2D eigenvalue weighted by molar-refractivity contribution is 6.32. The van der Waals surface area contributed by atoms with Crippen molar-refractivity contribution >= 4 is 17.3 Å². The van der Waals surface area contributed by atoms with E-state index in [-0.39, 0.29) is 24.2 Å². The van der Waals surface area contributed by atoms with E-state index < -0.39 is 5.56 Å². The highest BCUT2D eigenvalue weighted by atomic mass is 35.5. The summed E-state index contributed by atoms with van der Waals surface area (Å²) >= 11 is 5.98. The van der Waals surface area contributed by atoms with Gasteiger partial charge in [-0.15, -0.1) is 0 Å². The van der Waals surface area contributed by atoms with E-state index in [0.717, 1.165) is 4.68 Å². The summed E-state index contributed by atoms with van der Waals surface area (Å²) in [6.07, 6.45) is 1.48. The molecule has 0 amide bonds. The topological polar surface area (TPSA) is 93.2 Å². The van der Waals surface area contributed by atoms with Gasteiger partial charge >= 0.3 is 0 Å². The lowest BCUT2D eigenvalue weighted by Crippen LogP contribution is -2.35. The third-order valence-electron chi connectivity index (χ3n) is 2.70. The van der Waals surface area contributed by atoms with Crippen LogP contribution in [0.4, 0.5) is 5.69 Å². The van der Waals surface area contributed by atoms with Crippen LogP contribution in [-0.2, 0) is 6.54 Å². The van der Waals surface area contributed by atoms with Crippen LogP contribution in [0.1, 0.15) is 13.8 Å².